The number of nitrogens with two attached hydrogens (primary N) is 1. The van der Waals surface area contributed by atoms with E-state index >= 15 is 0 Å². The predicted octanol–water partition coefficient (Wildman–Crippen LogP) is 2.64. The molecule has 0 fully saturated rings. The molecular formula is C16H27ClN2O2. The van der Waals surface area contributed by atoms with Gasteiger partial charge in [0.15, 0.2) is 0 Å². The molecule has 0 aliphatic carbocycles. The van der Waals surface area contributed by atoms with Crippen molar-refractivity contribution in [3.05, 3.63) is 29.8 Å². The average Bonchev–Trinajstić information content (AvgIpc) is 2.33. The van der Waals surface area contributed by atoms with Crippen LogP contribution in [-0.2, 0) is 10.2 Å². The van der Waals surface area contributed by atoms with Crippen molar-refractivity contribution in [3.63, 3.8) is 0 Å². The summed E-state index contributed by atoms with van der Waals surface area (Å²) in [6.45, 7) is 9.30. The second kappa shape index (κ2) is 8.90. The molecule has 120 valence electrons. The Morgan fingerprint density at radius 3 is 2.33 bits per heavy atom. The summed E-state index contributed by atoms with van der Waals surface area (Å²) >= 11 is 0. The third kappa shape index (κ3) is 7.93. The van der Waals surface area contributed by atoms with Crippen LogP contribution >= 0.6 is 12.4 Å². The Morgan fingerprint density at radius 2 is 1.86 bits per heavy atom. The maximum absolute atomic E-state index is 11.4. The number of rotatable bonds is 6. The lowest BCUT2D eigenvalue weighted by molar-refractivity contribution is -0.121. The lowest BCUT2D eigenvalue weighted by atomic mass is 9.87. The number of carbonyl (C=O) groups excluding carboxylic acids is 1. The van der Waals surface area contributed by atoms with Gasteiger partial charge in [-0.05, 0) is 30.0 Å². The van der Waals surface area contributed by atoms with Crippen molar-refractivity contribution in [1.82, 2.24) is 5.32 Å². The summed E-state index contributed by atoms with van der Waals surface area (Å²) in [4.78, 5) is 11.4. The van der Waals surface area contributed by atoms with E-state index in [-0.39, 0.29) is 29.8 Å². The van der Waals surface area contributed by atoms with Gasteiger partial charge in [0.1, 0.15) is 12.4 Å². The maximum Gasteiger partial charge on any atom is 0.221 e. The zero-order valence-corrected chi connectivity index (χ0v) is 14.1. The van der Waals surface area contributed by atoms with Crippen LogP contribution in [0.25, 0.3) is 0 Å². The molecule has 5 heteroatoms. The second-order valence-electron chi connectivity index (χ2n) is 6.15. The minimum Gasteiger partial charge on any atom is -0.492 e. The normalized spacial score (nSPS) is 12.2. The van der Waals surface area contributed by atoms with Crippen molar-refractivity contribution < 1.29 is 9.53 Å². The fourth-order valence-corrected chi connectivity index (χ4v) is 1.78. The lowest BCUT2D eigenvalue weighted by Crippen LogP contribution is -2.32. The Morgan fingerprint density at radius 1 is 1.29 bits per heavy atom. The van der Waals surface area contributed by atoms with Crippen molar-refractivity contribution in [2.75, 3.05) is 13.2 Å². The molecule has 0 radical (unpaired) electrons. The highest BCUT2D eigenvalue weighted by Crippen LogP contribution is 2.24. The van der Waals surface area contributed by atoms with Crippen LogP contribution < -0.4 is 15.8 Å². The van der Waals surface area contributed by atoms with Crippen LogP contribution in [0.4, 0.5) is 0 Å². The van der Waals surface area contributed by atoms with E-state index in [0.717, 1.165) is 5.75 Å². The number of amides is 1. The van der Waals surface area contributed by atoms with Gasteiger partial charge >= 0.3 is 0 Å². The van der Waals surface area contributed by atoms with E-state index < -0.39 is 0 Å². The van der Waals surface area contributed by atoms with Gasteiger partial charge in [0.05, 0.1) is 6.54 Å². The zero-order valence-electron chi connectivity index (χ0n) is 13.3. The summed E-state index contributed by atoms with van der Waals surface area (Å²) in [5.41, 5.74) is 6.96. The molecule has 0 aliphatic heterocycles. The first-order valence-corrected chi connectivity index (χ1v) is 7.04. The molecule has 1 aromatic rings. The van der Waals surface area contributed by atoms with Crippen LogP contribution in [0.1, 0.15) is 39.7 Å². The molecule has 0 saturated heterocycles. The molecule has 1 unspecified atom stereocenters. The zero-order chi connectivity index (χ0) is 15.2. The Kier molecular flexibility index (Phi) is 8.37. The highest BCUT2D eigenvalue weighted by Gasteiger charge is 2.12. The highest BCUT2D eigenvalue weighted by molar-refractivity contribution is 5.85. The monoisotopic (exact) mass is 314 g/mol. The van der Waals surface area contributed by atoms with Crippen molar-refractivity contribution >= 4 is 18.3 Å². The fraction of sp³-hybridized carbons (Fsp3) is 0.562. The van der Waals surface area contributed by atoms with E-state index in [4.69, 9.17) is 10.5 Å². The fourth-order valence-electron chi connectivity index (χ4n) is 1.78. The van der Waals surface area contributed by atoms with Crippen LogP contribution in [0.2, 0.25) is 0 Å². The van der Waals surface area contributed by atoms with Gasteiger partial charge in [-0.1, -0.05) is 32.9 Å². The minimum absolute atomic E-state index is 0. The molecule has 1 atom stereocenters. The van der Waals surface area contributed by atoms with Gasteiger partial charge in [0.25, 0.3) is 0 Å². The topological polar surface area (TPSA) is 64.4 Å². The Hall–Kier alpha value is -1.26. The smallest absolute Gasteiger partial charge is 0.221 e. The van der Waals surface area contributed by atoms with E-state index in [0.29, 0.717) is 19.6 Å². The van der Waals surface area contributed by atoms with Crippen LogP contribution in [0, 0.1) is 0 Å². The number of hydrogen-bond acceptors (Lipinski definition) is 3. The van der Waals surface area contributed by atoms with Crippen LogP contribution in [-0.4, -0.2) is 25.1 Å². The number of nitrogens with one attached hydrogen (secondary N) is 1. The third-order valence-electron chi connectivity index (χ3n) is 2.92. The quantitative estimate of drug-likeness (QED) is 0.793. The number of carbonyl (C=O) groups is 1. The molecular weight excluding hydrogens is 288 g/mol. The first-order chi connectivity index (χ1) is 9.29. The van der Waals surface area contributed by atoms with Crippen LogP contribution in [0.5, 0.6) is 5.75 Å². The summed E-state index contributed by atoms with van der Waals surface area (Å²) in [6, 6.07) is 7.96. The summed E-state index contributed by atoms with van der Waals surface area (Å²) in [7, 11) is 0. The first-order valence-electron chi connectivity index (χ1n) is 7.04. The molecule has 1 amide bonds. The van der Waals surface area contributed by atoms with Crippen molar-refractivity contribution in [3.8, 4) is 5.75 Å². The molecule has 1 aromatic carbocycles. The van der Waals surface area contributed by atoms with E-state index in [1.165, 1.54) is 5.56 Å². The first kappa shape index (κ1) is 19.7. The molecule has 3 N–H and O–H groups in total. The minimum atomic E-state index is -0.110. The molecule has 0 saturated carbocycles. The van der Waals surface area contributed by atoms with E-state index in [9.17, 15) is 4.79 Å². The highest BCUT2D eigenvalue weighted by atomic mass is 35.5. The molecule has 0 bridgehead atoms. The van der Waals surface area contributed by atoms with Crippen molar-refractivity contribution in [1.29, 1.82) is 0 Å². The molecule has 0 spiro atoms. The molecule has 1 rings (SSSR count). The van der Waals surface area contributed by atoms with Gasteiger partial charge in [-0.25, -0.2) is 0 Å². The molecule has 0 heterocycles. The Labute approximate surface area is 133 Å². The second-order valence-corrected chi connectivity index (χ2v) is 6.15. The van der Waals surface area contributed by atoms with Crippen LogP contribution in [0.15, 0.2) is 24.3 Å². The summed E-state index contributed by atoms with van der Waals surface area (Å²) < 4.78 is 5.58. The number of halogens is 1. The van der Waals surface area contributed by atoms with E-state index in [2.05, 4.69) is 38.2 Å². The summed E-state index contributed by atoms with van der Waals surface area (Å²) in [5.74, 6) is 0.783. The molecule has 0 aliphatic rings. The molecule has 4 nitrogen and oxygen atoms in total. The average molecular weight is 315 g/mol. The van der Waals surface area contributed by atoms with Gasteiger partial charge < -0.3 is 15.8 Å². The summed E-state index contributed by atoms with van der Waals surface area (Å²) in [6.07, 6.45) is 0.347. The van der Waals surface area contributed by atoms with Gasteiger partial charge in [-0.2, -0.15) is 0 Å². The number of hydrogen-bond donors (Lipinski definition) is 2. The third-order valence-corrected chi connectivity index (χ3v) is 2.92. The number of benzene rings is 1. The van der Waals surface area contributed by atoms with Crippen LogP contribution in [0.3, 0.4) is 0 Å². The van der Waals surface area contributed by atoms with Crippen molar-refractivity contribution in [2.24, 2.45) is 5.73 Å². The van der Waals surface area contributed by atoms with Gasteiger partial charge in [0.2, 0.25) is 5.91 Å². The Bertz CT molecular complexity index is 425. The predicted molar refractivity (Wildman–Crippen MR) is 89.2 cm³/mol. The van der Waals surface area contributed by atoms with E-state index in [1.807, 2.05) is 19.1 Å². The van der Waals surface area contributed by atoms with Gasteiger partial charge in [0, 0.05) is 12.5 Å². The van der Waals surface area contributed by atoms with Gasteiger partial charge in [-0.3, -0.25) is 4.79 Å². The Balaban J connectivity index is 0.00000400. The molecule has 21 heavy (non-hydrogen) atoms. The largest absolute Gasteiger partial charge is 0.492 e. The van der Waals surface area contributed by atoms with Gasteiger partial charge in [-0.15, -0.1) is 12.4 Å². The molecule has 0 aromatic heterocycles. The standard InChI is InChI=1S/C16H26N2O2.ClH/c1-12(17)11-15(19)18-9-10-20-14-7-5-13(6-8-14)16(2,3)4;/h5-8,12H,9-11,17H2,1-4H3,(H,18,19);1H. The lowest BCUT2D eigenvalue weighted by Gasteiger charge is -2.19. The maximum atomic E-state index is 11.4. The van der Waals surface area contributed by atoms with E-state index in [1.54, 1.807) is 0 Å². The SMILES string of the molecule is CC(N)CC(=O)NCCOc1ccc(C(C)(C)C)cc1.Cl. The summed E-state index contributed by atoms with van der Waals surface area (Å²) in [5, 5.41) is 2.78. The number of ether oxygens (including phenoxy) is 1. The van der Waals surface area contributed by atoms with Crippen molar-refractivity contribution in [2.45, 2.75) is 45.6 Å².